The molecule has 2 N–H and O–H groups in total. The molecule has 1 aliphatic heterocycles. The van der Waals surface area contributed by atoms with Crippen LogP contribution in [-0.2, 0) is 22.6 Å². The number of rotatable bonds is 7. The summed E-state index contributed by atoms with van der Waals surface area (Å²) in [6.45, 7) is 2.41. The number of hydrogen-bond acceptors (Lipinski definition) is 4. The van der Waals surface area contributed by atoms with Gasteiger partial charge in [-0.2, -0.15) is 0 Å². The third-order valence-electron chi connectivity index (χ3n) is 5.53. The molecule has 0 saturated carbocycles. The SMILES string of the molecule is Cc1csc(CNC(=O)CC[C@@]2(Cc3ccc4ccccc4c3)CCC(=O)N2)n1. The Bertz CT molecular complexity index is 1050. The standard InChI is InChI=1S/C23H25N3O2S/c1-16-15-29-22(25-16)14-24-20(27)8-10-23(11-9-21(28)26-23)13-17-6-7-18-4-2-3-5-19(18)12-17/h2-7,12,15H,8-11,13-14H2,1H3,(H,24,27)(H,26,28)/t23-/m0/s1. The average Bonchev–Trinajstić information content (AvgIpc) is 3.30. The van der Waals surface area contributed by atoms with Crippen LogP contribution in [0, 0.1) is 6.92 Å². The van der Waals surface area contributed by atoms with E-state index in [1.165, 1.54) is 16.3 Å². The van der Waals surface area contributed by atoms with Crippen molar-refractivity contribution in [2.45, 2.75) is 51.1 Å². The van der Waals surface area contributed by atoms with Crippen LogP contribution >= 0.6 is 11.3 Å². The molecule has 0 bridgehead atoms. The summed E-state index contributed by atoms with van der Waals surface area (Å²) in [7, 11) is 0. The molecule has 150 valence electrons. The summed E-state index contributed by atoms with van der Waals surface area (Å²) in [5, 5.41) is 11.4. The Morgan fingerprint density at radius 3 is 2.79 bits per heavy atom. The third-order valence-corrected chi connectivity index (χ3v) is 6.49. The molecule has 0 unspecified atom stereocenters. The van der Waals surface area contributed by atoms with E-state index in [-0.39, 0.29) is 17.4 Å². The van der Waals surface area contributed by atoms with Crippen molar-refractivity contribution in [3.8, 4) is 0 Å². The largest absolute Gasteiger partial charge is 0.350 e. The molecule has 0 radical (unpaired) electrons. The highest BCUT2D eigenvalue weighted by atomic mass is 32.1. The van der Waals surface area contributed by atoms with Crippen LogP contribution in [0.4, 0.5) is 0 Å². The number of carbonyl (C=O) groups is 2. The maximum Gasteiger partial charge on any atom is 0.220 e. The number of hydrogen-bond donors (Lipinski definition) is 2. The number of carbonyl (C=O) groups excluding carboxylic acids is 2. The zero-order valence-corrected chi connectivity index (χ0v) is 17.3. The van der Waals surface area contributed by atoms with Gasteiger partial charge in [-0.05, 0) is 42.5 Å². The number of thiazole rings is 1. The first kappa shape index (κ1) is 19.6. The third kappa shape index (κ3) is 4.82. The number of benzene rings is 2. The molecular formula is C23H25N3O2S. The predicted octanol–water partition coefficient (Wildman–Crippen LogP) is 3.89. The summed E-state index contributed by atoms with van der Waals surface area (Å²) >= 11 is 1.55. The number of fused-ring (bicyclic) bond motifs is 1. The van der Waals surface area contributed by atoms with Crippen LogP contribution in [0.15, 0.2) is 47.8 Å². The van der Waals surface area contributed by atoms with E-state index in [0.29, 0.717) is 25.8 Å². The molecule has 4 rings (SSSR count). The quantitative estimate of drug-likeness (QED) is 0.624. The number of aromatic nitrogens is 1. The van der Waals surface area contributed by atoms with Gasteiger partial charge in [-0.3, -0.25) is 9.59 Å². The molecule has 29 heavy (non-hydrogen) atoms. The van der Waals surface area contributed by atoms with Crippen molar-refractivity contribution < 1.29 is 9.59 Å². The second kappa shape index (κ2) is 8.33. The van der Waals surface area contributed by atoms with Crippen molar-refractivity contribution in [3.63, 3.8) is 0 Å². The van der Waals surface area contributed by atoms with Crippen LogP contribution in [0.3, 0.4) is 0 Å². The Morgan fingerprint density at radius 1 is 1.24 bits per heavy atom. The minimum Gasteiger partial charge on any atom is -0.350 e. The van der Waals surface area contributed by atoms with Gasteiger partial charge in [0.25, 0.3) is 0 Å². The van der Waals surface area contributed by atoms with Crippen LogP contribution in [0.5, 0.6) is 0 Å². The number of amides is 2. The van der Waals surface area contributed by atoms with Gasteiger partial charge in [0, 0.05) is 29.5 Å². The normalized spacial score (nSPS) is 18.7. The van der Waals surface area contributed by atoms with E-state index in [0.717, 1.165) is 23.5 Å². The monoisotopic (exact) mass is 407 g/mol. The fourth-order valence-corrected chi connectivity index (χ4v) is 4.73. The van der Waals surface area contributed by atoms with Crippen LogP contribution < -0.4 is 10.6 Å². The second-order valence-corrected chi connectivity index (χ2v) is 8.79. The van der Waals surface area contributed by atoms with Crippen LogP contribution in [0.2, 0.25) is 0 Å². The summed E-state index contributed by atoms with van der Waals surface area (Å²) in [5.41, 5.74) is 1.81. The van der Waals surface area contributed by atoms with Crippen LogP contribution in [0.25, 0.3) is 10.8 Å². The van der Waals surface area contributed by atoms with Gasteiger partial charge in [-0.15, -0.1) is 11.3 Å². The molecule has 6 heteroatoms. The zero-order chi connectivity index (χ0) is 20.3. The lowest BCUT2D eigenvalue weighted by molar-refractivity contribution is -0.122. The predicted molar refractivity (Wildman–Crippen MR) is 116 cm³/mol. The number of nitrogens with one attached hydrogen (secondary N) is 2. The molecule has 1 atom stereocenters. The van der Waals surface area contributed by atoms with Crippen molar-refractivity contribution in [1.29, 1.82) is 0 Å². The highest BCUT2D eigenvalue weighted by molar-refractivity contribution is 7.09. The topological polar surface area (TPSA) is 71.1 Å². The average molecular weight is 408 g/mol. The number of aryl methyl sites for hydroxylation is 1. The van der Waals surface area contributed by atoms with Gasteiger partial charge in [0.1, 0.15) is 5.01 Å². The summed E-state index contributed by atoms with van der Waals surface area (Å²) in [5.74, 6) is 0.0707. The van der Waals surface area contributed by atoms with E-state index < -0.39 is 0 Å². The summed E-state index contributed by atoms with van der Waals surface area (Å²) in [6.07, 6.45) is 3.04. The highest BCUT2D eigenvalue weighted by Crippen LogP contribution is 2.30. The molecule has 2 aromatic carbocycles. The van der Waals surface area contributed by atoms with Gasteiger partial charge in [0.15, 0.2) is 0 Å². The Labute approximate surface area is 174 Å². The van der Waals surface area contributed by atoms with E-state index in [4.69, 9.17) is 0 Å². The maximum absolute atomic E-state index is 12.4. The lowest BCUT2D eigenvalue weighted by Crippen LogP contribution is -2.44. The highest BCUT2D eigenvalue weighted by Gasteiger charge is 2.37. The van der Waals surface area contributed by atoms with Gasteiger partial charge in [-0.1, -0.05) is 42.5 Å². The van der Waals surface area contributed by atoms with Gasteiger partial charge in [-0.25, -0.2) is 4.98 Å². The molecule has 1 aromatic heterocycles. The molecule has 5 nitrogen and oxygen atoms in total. The minimum atomic E-state index is -0.353. The van der Waals surface area contributed by atoms with Crippen LogP contribution in [-0.4, -0.2) is 22.3 Å². The van der Waals surface area contributed by atoms with Gasteiger partial charge < -0.3 is 10.6 Å². The zero-order valence-electron chi connectivity index (χ0n) is 16.5. The van der Waals surface area contributed by atoms with Crippen molar-refractivity contribution in [3.05, 3.63) is 64.1 Å². The Hall–Kier alpha value is -2.73. The van der Waals surface area contributed by atoms with E-state index in [1.54, 1.807) is 11.3 Å². The van der Waals surface area contributed by atoms with Gasteiger partial charge in [0.2, 0.25) is 11.8 Å². The van der Waals surface area contributed by atoms with E-state index in [2.05, 4.69) is 45.9 Å². The molecule has 0 aliphatic carbocycles. The molecule has 1 fully saturated rings. The summed E-state index contributed by atoms with van der Waals surface area (Å²) < 4.78 is 0. The Kier molecular flexibility index (Phi) is 5.62. The fourth-order valence-electron chi connectivity index (χ4n) is 4.02. The molecule has 1 aliphatic rings. The molecule has 3 aromatic rings. The molecule has 0 spiro atoms. The van der Waals surface area contributed by atoms with E-state index in [1.807, 2.05) is 24.4 Å². The number of nitrogens with zero attached hydrogens (tertiary/aromatic N) is 1. The van der Waals surface area contributed by atoms with E-state index in [9.17, 15) is 9.59 Å². The maximum atomic E-state index is 12.4. The molecule has 2 heterocycles. The lowest BCUT2D eigenvalue weighted by atomic mass is 9.84. The van der Waals surface area contributed by atoms with Crippen molar-refractivity contribution in [2.75, 3.05) is 0 Å². The minimum absolute atomic E-state index is 0.00288. The second-order valence-electron chi connectivity index (χ2n) is 7.85. The summed E-state index contributed by atoms with van der Waals surface area (Å²) in [4.78, 5) is 28.8. The van der Waals surface area contributed by atoms with E-state index >= 15 is 0 Å². The van der Waals surface area contributed by atoms with Gasteiger partial charge >= 0.3 is 0 Å². The Morgan fingerprint density at radius 2 is 2.07 bits per heavy atom. The summed E-state index contributed by atoms with van der Waals surface area (Å²) in [6, 6.07) is 14.7. The van der Waals surface area contributed by atoms with Crippen molar-refractivity contribution >= 4 is 33.9 Å². The first-order chi connectivity index (χ1) is 14.0. The Balaban J connectivity index is 1.40. The molecule has 2 amide bonds. The smallest absolute Gasteiger partial charge is 0.220 e. The first-order valence-electron chi connectivity index (χ1n) is 9.98. The van der Waals surface area contributed by atoms with Crippen molar-refractivity contribution in [2.24, 2.45) is 0 Å². The van der Waals surface area contributed by atoms with Crippen molar-refractivity contribution in [1.82, 2.24) is 15.6 Å². The molecular weight excluding hydrogens is 382 g/mol. The lowest BCUT2D eigenvalue weighted by Gasteiger charge is -2.29. The first-order valence-corrected chi connectivity index (χ1v) is 10.9. The fraction of sp³-hybridized carbons (Fsp3) is 0.348. The van der Waals surface area contributed by atoms with Gasteiger partial charge in [0.05, 0.1) is 6.54 Å². The molecule has 1 saturated heterocycles. The van der Waals surface area contributed by atoms with Crippen LogP contribution in [0.1, 0.15) is 41.9 Å².